The number of sulfonamides is 1. The summed E-state index contributed by atoms with van der Waals surface area (Å²) in [7, 11) is -4.84. The number of esters is 1. The predicted octanol–water partition coefficient (Wildman–Crippen LogP) is 5.09. The van der Waals surface area contributed by atoms with E-state index in [0.29, 0.717) is 23.3 Å². The van der Waals surface area contributed by atoms with Crippen molar-refractivity contribution in [3.8, 4) is 0 Å². The van der Waals surface area contributed by atoms with Crippen LogP contribution in [-0.2, 0) is 38.6 Å². The number of alkyl halides is 3. The van der Waals surface area contributed by atoms with E-state index in [0.717, 1.165) is 5.56 Å². The number of nitro benzene ring substituents is 1. The van der Waals surface area contributed by atoms with Crippen LogP contribution in [0.15, 0.2) is 114 Å². The molecule has 10 nitrogen and oxygen atoms in total. The highest BCUT2D eigenvalue weighted by Gasteiger charge is 2.40. The van der Waals surface area contributed by atoms with Crippen LogP contribution in [0, 0.1) is 10.1 Å². The van der Waals surface area contributed by atoms with Gasteiger partial charge in [-0.05, 0) is 48.2 Å². The molecule has 240 valence electrons. The minimum atomic E-state index is -5.23. The van der Waals surface area contributed by atoms with Crippen LogP contribution in [0.4, 0.5) is 18.9 Å². The minimum Gasteiger partial charge on any atom is -0.462 e. The van der Waals surface area contributed by atoms with Gasteiger partial charge >= 0.3 is 12.1 Å². The second-order valence-electron chi connectivity index (χ2n) is 10.2. The number of hydrogen-bond donors (Lipinski definition) is 2. The Bertz CT molecular complexity index is 1770. The molecular weight excluding hydrogens is 627 g/mol. The van der Waals surface area contributed by atoms with Crippen molar-refractivity contribution in [1.82, 2.24) is 10.0 Å². The van der Waals surface area contributed by atoms with Crippen LogP contribution < -0.4 is 10.0 Å². The van der Waals surface area contributed by atoms with Crippen molar-refractivity contribution in [1.29, 1.82) is 0 Å². The number of rotatable bonds is 13. The van der Waals surface area contributed by atoms with Crippen LogP contribution in [0.3, 0.4) is 0 Å². The lowest BCUT2D eigenvalue weighted by molar-refractivity contribution is -0.388. The van der Waals surface area contributed by atoms with E-state index in [2.05, 4.69) is 10.0 Å². The summed E-state index contributed by atoms with van der Waals surface area (Å²) in [6.07, 6.45) is -5.21. The molecule has 1 amide bonds. The normalized spacial score (nSPS) is 12.9. The number of carbonyl (C=O) groups excluding carboxylic acids is 2. The van der Waals surface area contributed by atoms with Gasteiger partial charge in [0.2, 0.25) is 10.0 Å². The van der Waals surface area contributed by atoms with Crippen molar-refractivity contribution < 1.29 is 40.8 Å². The molecule has 0 fully saturated rings. The van der Waals surface area contributed by atoms with Gasteiger partial charge in [-0.15, -0.1) is 0 Å². The molecule has 4 aromatic rings. The average molecular weight is 656 g/mol. The Labute approximate surface area is 262 Å². The molecular formula is C32H28F3N3O7S. The van der Waals surface area contributed by atoms with Gasteiger partial charge in [0.1, 0.15) is 18.2 Å². The number of nitrogens with zero attached hydrogens (tertiary/aromatic N) is 1. The smallest absolute Gasteiger partial charge is 0.423 e. The van der Waals surface area contributed by atoms with E-state index in [1.165, 1.54) is 0 Å². The summed E-state index contributed by atoms with van der Waals surface area (Å²) in [4.78, 5) is 35.2. The number of nitro groups is 1. The van der Waals surface area contributed by atoms with E-state index in [4.69, 9.17) is 4.74 Å². The van der Waals surface area contributed by atoms with Crippen molar-refractivity contribution in [3.63, 3.8) is 0 Å². The molecule has 0 aliphatic carbocycles. The van der Waals surface area contributed by atoms with Gasteiger partial charge in [0, 0.05) is 11.6 Å². The number of ether oxygens (including phenoxy) is 1. The molecule has 0 aromatic heterocycles. The fraction of sp³-hybridized carbons (Fsp3) is 0.188. The van der Waals surface area contributed by atoms with Crippen LogP contribution in [0.2, 0.25) is 0 Å². The second-order valence-corrected chi connectivity index (χ2v) is 11.9. The maximum absolute atomic E-state index is 13.6. The minimum absolute atomic E-state index is 0.139. The van der Waals surface area contributed by atoms with Gasteiger partial charge in [-0.2, -0.15) is 17.9 Å². The van der Waals surface area contributed by atoms with E-state index in [-0.39, 0.29) is 25.5 Å². The Kier molecular flexibility index (Phi) is 10.9. The highest BCUT2D eigenvalue weighted by Crippen LogP contribution is 2.37. The van der Waals surface area contributed by atoms with Crippen molar-refractivity contribution in [2.24, 2.45) is 0 Å². The standard InChI is InChI=1S/C32H28F3N3O7S/c33-32(34,35)27-20-26(16-17-29(27)38(41)42)46(43,44)37-28(19-23-12-6-2-7-13-23)31(40)45-21-25(18-22-10-4-1-5-11-22)36-30(39)24-14-8-3-9-15-24/h1-17,20,25,28,37H,18-19,21H2,(H,36,39)/t25-,28-/m1/s1. The fourth-order valence-corrected chi connectivity index (χ4v) is 5.75. The topological polar surface area (TPSA) is 145 Å². The van der Waals surface area contributed by atoms with E-state index >= 15 is 0 Å². The van der Waals surface area contributed by atoms with Crippen LogP contribution in [0.25, 0.3) is 0 Å². The molecule has 2 atom stereocenters. The average Bonchev–Trinajstić information content (AvgIpc) is 3.03. The molecule has 0 saturated heterocycles. The molecule has 2 N–H and O–H groups in total. The summed E-state index contributed by atoms with van der Waals surface area (Å²) in [6.45, 7) is -0.366. The third-order valence-corrected chi connectivity index (χ3v) is 8.24. The molecule has 0 radical (unpaired) electrons. The van der Waals surface area contributed by atoms with Gasteiger partial charge in [-0.1, -0.05) is 78.9 Å². The molecule has 14 heteroatoms. The number of halogens is 3. The molecule has 46 heavy (non-hydrogen) atoms. The third-order valence-electron chi connectivity index (χ3n) is 6.77. The summed E-state index contributed by atoms with van der Waals surface area (Å²) < 4.78 is 74.8. The number of carbonyl (C=O) groups is 2. The zero-order chi connectivity index (χ0) is 33.3. The first-order valence-electron chi connectivity index (χ1n) is 13.8. The van der Waals surface area contributed by atoms with Gasteiger partial charge in [0.05, 0.1) is 15.9 Å². The van der Waals surface area contributed by atoms with Crippen molar-refractivity contribution in [3.05, 3.63) is 142 Å². The molecule has 0 aliphatic heterocycles. The van der Waals surface area contributed by atoms with Crippen LogP contribution in [-0.4, -0.2) is 43.9 Å². The molecule has 0 bridgehead atoms. The maximum Gasteiger partial charge on any atom is 0.423 e. The fourth-order valence-electron chi connectivity index (χ4n) is 4.54. The highest BCUT2D eigenvalue weighted by molar-refractivity contribution is 7.89. The molecule has 4 aromatic carbocycles. The molecule has 0 heterocycles. The monoisotopic (exact) mass is 655 g/mol. The first-order valence-corrected chi connectivity index (χ1v) is 15.3. The quantitative estimate of drug-likeness (QED) is 0.116. The number of nitrogens with one attached hydrogen (secondary N) is 2. The van der Waals surface area contributed by atoms with E-state index < -0.39 is 61.2 Å². The second kappa shape index (κ2) is 14.8. The van der Waals surface area contributed by atoms with Crippen molar-refractivity contribution in [2.45, 2.75) is 36.0 Å². The van der Waals surface area contributed by atoms with Gasteiger partial charge in [0.15, 0.2) is 0 Å². The number of amides is 1. The largest absolute Gasteiger partial charge is 0.462 e. The highest BCUT2D eigenvalue weighted by atomic mass is 32.2. The van der Waals surface area contributed by atoms with E-state index in [9.17, 15) is 41.3 Å². The summed E-state index contributed by atoms with van der Waals surface area (Å²) in [5, 5.41) is 14.0. The molecule has 0 aliphatic rings. The first-order chi connectivity index (χ1) is 21.8. The SMILES string of the molecule is O=C(N[C@@H](COC(=O)[C@@H](Cc1ccccc1)NS(=O)(=O)c1ccc([N+](=O)[O-])c(C(F)(F)F)c1)Cc1ccccc1)c1ccccc1. The van der Waals surface area contributed by atoms with E-state index in [1.807, 2.05) is 18.2 Å². The number of hydrogen-bond acceptors (Lipinski definition) is 7. The Morgan fingerprint density at radius 3 is 1.91 bits per heavy atom. The van der Waals surface area contributed by atoms with Crippen LogP contribution >= 0.6 is 0 Å². The van der Waals surface area contributed by atoms with Crippen LogP contribution in [0.1, 0.15) is 27.0 Å². The summed E-state index contributed by atoms with van der Waals surface area (Å²) >= 11 is 0. The Morgan fingerprint density at radius 2 is 1.37 bits per heavy atom. The van der Waals surface area contributed by atoms with Gasteiger partial charge in [-0.25, -0.2) is 8.42 Å². The number of benzene rings is 4. The lowest BCUT2D eigenvalue weighted by Crippen LogP contribution is -2.46. The summed E-state index contributed by atoms with van der Waals surface area (Å²) in [5.74, 6) is -1.49. The zero-order valence-corrected chi connectivity index (χ0v) is 24.8. The van der Waals surface area contributed by atoms with Crippen LogP contribution in [0.5, 0.6) is 0 Å². The first kappa shape index (κ1) is 33.8. The van der Waals surface area contributed by atoms with Crippen molar-refractivity contribution >= 4 is 27.6 Å². The summed E-state index contributed by atoms with van der Waals surface area (Å²) in [6, 6.07) is 24.4. The lowest BCUT2D eigenvalue weighted by atomic mass is 10.1. The summed E-state index contributed by atoms with van der Waals surface area (Å²) in [5.41, 5.74) is -1.40. The van der Waals surface area contributed by atoms with Gasteiger partial charge in [0.25, 0.3) is 11.6 Å². The molecule has 0 unspecified atom stereocenters. The molecule has 4 rings (SSSR count). The Morgan fingerprint density at radius 1 is 0.826 bits per heavy atom. The predicted molar refractivity (Wildman–Crippen MR) is 161 cm³/mol. The lowest BCUT2D eigenvalue weighted by Gasteiger charge is -2.22. The van der Waals surface area contributed by atoms with Gasteiger partial charge < -0.3 is 10.1 Å². The molecule has 0 saturated carbocycles. The van der Waals surface area contributed by atoms with Crippen molar-refractivity contribution in [2.75, 3.05) is 6.61 Å². The molecule has 0 spiro atoms. The zero-order valence-electron chi connectivity index (χ0n) is 24.0. The van der Waals surface area contributed by atoms with Gasteiger partial charge in [-0.3, -0.25) is 19.7 Å². The Hall–Kier alpha value is -5.08. The Balaban J connectivity index is 1.58. The third kappa shape index (κ3) is 9.22. The maximum atomic E-state index is 13.6. The van der Waals surface area contributed by atoms with E-state index in [1.54, 1.807) is 72.8 Å².